The number of rotatable bonds is 6. The highest BCUT2D eigenvalue weighted by molar-refractivity contribution is 4.72. The maximum absolute atomic E-state index is 3.39. The van der Waals surface area contributed by atoms with Gasteiger partial charge in [-0.25, -0.2) is 0 Å². The van der Waals surface area contributed by atoms with Gasteiger partial charge in [0.1, 0.15) is 0 Å². The van der Waals surface area contributed by atoms with E-state index in [0.29, 0.717) is 0 Å². The Morgan fingerprint density at radius 3 is 2.40 bits per heavy atom. The molecule has 1 rings (SSSR count). The van der Waals surface area contributed by atoms with E-state index >= 15 is 0 Å². The minimum atomic E-state index is 0.870. The molecule has 0 saturated heterocycles. The Morgan fingerprint density at radius 1 is 1.13 bits per heavy atom. The molecule has 1 aliphatic rings. The van der Waals surface area contributed by atoms with Gasteiger partial charge in [0.05, 0.1) is 0 Å². The van der Waals surface area contributed by atoms with Crippen molar-refractivity contribution in [2.75, 3.05) is 26.7 Å². The van der Waals surface area contributed by atoms with Gasteiger partial charge in [0.25, 0.3) is 0 Å². The van der Waals surface area contributed by atoms with Gasteiger partial charge in [0.2, 0.25) is 0 Å². The van der Waals surface area contributed by atoms with Gasteiger partial charge in [0, 0.05) is 6.04 Å². The third-order valence-corrected chi connectivity index (χ3v) is 3.56. The average Bonchev–Trinajstić information content (AvgIpc) is 2.52. The molecular weight excluding hydrogens is 184 g/mol. The van der Waals surface area contributed by atoms with Crippen molar-refractivity contribution >= 4 is 0 Å². The van der Waals surface area contributed by atoms with Crippen LogP contribution in [0.15, 0.2) is 0 Å². The zero-order valence-corrected chi connectivity index (χ0v) is 10.6. The summed E-state index contributed by atoms with van der Waals surface area (Å²) in [6.45, 7) is 5.72. The van der Waals surface area contributed by atoms with E-state index in [2.05, 4.69) is 24.2 Å². The van der Waals surface area contributed by atoms with Crippen molar-refractivity contribution in [1.82, 2.24) is 10.2 Å². The Morgan fingerprint density at radius 2 is 1.80 bits per heavy atom. The van der Waals surface area contributed by atoms with E-state index in [0.717, 1.165) is 12.6 Å². The topological polar surface area (TPSA) is 15.3 Å². The van der Waals surface area contributed by atoms with Gasteiger partial charge in [-0.2, -0.15) is 0 Å². The first-order chi connectivity index (χ1) is 7.34. The summed E-state index contributed by atoms with van der Waals surface area (Å²) in [5, 5.41) is 3.39. The van der Waals surface area contributed by atoms with E-state index in [1.807, 2.05) is 0 Å². The lowest BCUT2D eigenvalue weighted by atomic mass is 10.1. The fraction of sp³-hybridized carbons (Fsp3) is 1.00. The van der Waals surface area contributed by atoms with E-state index in [1.165, 1.54) is 58.0 Å². The van der Waals surface area contributed by atoms with Gasteiger partial charge >= 0.3 is 0 Å². The zero-order valence-electron chi connectivity index (χ0n) is 10.6. The lowest BCUT2D eigenvalue weighted by molar-refractivity contribution is 0.218. The van der Waals surface area contributed by atoms with Gasteiger partial charge in [0.15, 0.2) is 0 Å². The Hall–Kier alpha value is -0.0800. The lowest BCUT2D eigenvalue weighted by Gasteiger charge is -2.27. The summed E-state index contributed by atoms with van der Waals surface area (Å²) in [6, 6.07) is 0.870. The molecule has 0 heterocycles. The molecule has 1 N–H and O–H groups in total. The summed E-state index contributed by atoms with van der Waals surface area (Å²) in [5.41, 5.74) is 0. The number of hydrogen-bond donors (Lipinski definition) is 1. The summed E-state index contributed by atoms with van der Waals surface area (Å²) in [6.07, 6.45) is 9.96. The third kappa shape index (κ3) is 5.53. The molecule has 0 spiro atoms. The van der Waals surface area contributed by atoms with E-state index in [-0.39, 0.29) is 0 Å². The van der Waals surface area contributed by atoms with Crippen molar-refractivity contribution in [3.8, 4) is 0 Å². The van der Waals surface area contributed by atoms with Crippen LogP contribution in [0.1, 0.15) is 51.9 Å². The number of nitrogens with zero attached hydrogens (tertiary/aromatic N) is 1. The molecule has 0 aromatic rings. The molecule has 2 nitrogen and oxygen atoms in total. The Bertz CT molecular complexity index is 139. The van der Waals surface area contributed by atoms with Gasteiger partial charge in [-0.3, -0.25) is 0 Å². The van der Waals surface area contributed by atoms with Crippen molar-refractivity contribution in [2.24, 2.45) is 0 Å². The lowest BCUT2D eigenvalue weighted by Crippen LogP contribution is -2.33. The monoisotopic (exact) mass is 212 g/mol. The minimum absolute atomic E-state index is 0.870. The number of nitrogens with one attached hydrogen (secondary N) is 1. The molecular formula is C13H28N2. The Labute approximate surface area is 95.4 Å². The summed E-state index contributed by atoms with van der Waals surface area (Å²) in [7, 11) is 2.31. The molecule has 1 fully saturated rings. The Balaban J connectivity index is 2.11. The normalized spacial score (nSPS) is 19.4. The van der Waals surface area contributed by atoms with Crippen molar-refractivity contribution in [1.29, 1.82) is 0 Å². The third-order valence-electron chi connectivity index (χ3n) is 3.56. The van der Waals surface area contributed by atoms with E-state index < -0.39 is 0 Å². The van der Waals surface area contributed by atoms with Crippen LogP contribution in [0.2, 0.25) is 0 Å². The molecule has 0 bridgehead atoms. The van der Waals surface area contributed by atoms with Crippen LogP contribution in [0, 0.1) is 0 Å². The van der Waals surface area contributed by atoms with Crippen LogP contribution in [0.5, 0.6) is 0 Å². The van der Waals surface area contributed by atoms with Crippen molar-refractivity contribution < 1.29 is 0 Å². The van der Waals surface area contributed by atoms with Crippen LogP contribution in [-0.4, -0.2) is 37.6 Å². The molecule has 1 saturated carbocycles. The van der Waals surface area contributed by atoms with Crippen LogP contribution in [0.25, 0.3) is 0 Å². The van der Waals surface area contributed by atoms with Crippen molar-refractivity contribution in [3.63, 3.8) is 0 Å². The SMILES string of the molecule is CCNCCCN(C)C1CCCCCC1. The summed E-state index contributed by atoms with van der Waals surface area (Å²) >= 11 is 0. The molecule has 0 atom stereocenters. The predicted molar refractivity (Wildman–Crippen MR) is 67.3 cm³/mol. The van der Waals surface area contributed by atoms with Gasteiger partial charge in [-0.05, 0) is 45.9 Å². The molecule has 0 aromatic heterocycles. The second-order valence-corrected chi connectivity index (χ2v) is 4.83. The maximum Gasteiger partial charge on any atom is 0.00922 e. The first-order valence-electron chi connectivity index (χ1n) is 6.75. The van der Waals surface area contributed by atoms with E-state index in [4.69, 9.17) is 0 Å². The Kier molecular flexibility index (Phi) is 7.03. The highest BCUT2D eigenvalue weighted by Crippen LogP contribution is 2.20. The molecule has 90 valence electrons. The van der Waals surface area contributed by atoms with E-state index in [1.54, 1.807) is 0 Å². The fourth-order valence-corrected chi connectivity index (χ4v) is 2.51. The van der Waals surface area contributed by atoms with E-state index in [9.17, 15) is 0 Å². The predicted octanol–water partition coefficient (Wildman–Crippen LogP) is 2.64. The summed E-state index contributed by atoms with van der Waals surface area (Å²) in [5.74, 6) is 0. The number of hydrogen-bond acceptors (Lipinski definition) is 2. The van der Waals surface area contributed by atoms with Crippen LogP contribution >= 0.6 is 0 Å². The molecule has 0 aliphatic heterocycles. The molecule has 0 aromatic carbocycles. The summed E-state index contributed by atoms with van der Waals surface area (Å²) < 4.78 is 0. The average molecular weight is 212 g/mol. The van der Waals surface area contributed by atoms with Gasteiger partial charge in [-0.15, -0.1) is 0 Å². The minimum Gasteiger partial charge on any atom is -0.317 e. The summed E-state index contributed by atoms with van der Waals surface area (Å²) in [4.78, 5) is 2.59. The quantitative estimate of drug-likeness (QED) is 0.538. The van der Waals surface area contributed by atoms with Gasteiger partial charge in [-0.1, -0.05) is 32.6 Å². The maximum atomic E-state index is 3.39. The highest BCUT2D eigenvalue weighted by Gasteiger charge is 2.15. The largest absolute Gasteiger partial charge is 0.317 e. The van der Waals surface area contributed by atoms with Crippen LogP contribution in [0.3, 0.4) is 0 Å². The molecule has 0 amide bonds. The fourth-order valence-electron chi connectivity index (χ4n) is 2.51. The van der Waals surface area contributed by atoms with Crippen LogP contribution < -0.4 is 5.32 Å². The smallest absolute Gasteiger partial charge is 0.00922 e. The molecule has 0 radical (unpaired) electrons. The van der Waals surface area contributed by atoms with Crippen molar-refractivity contribution in [3.05, 3.63) is 0 Å². The molecule has 0 unspecified atom stereocenters. The standard InChI is InChI=1S/C13H28N2/c1-3-14-11-8-12-15(2)13-9-6-4-5-7-10-13/h13-14H,3-12H2,1-2H3. The first kappa shape index (κ1) is 13.0. The van der Waals surface area contributed by atoms with Crippen molar-refractivity contribution in [2.45, 2.75) is 57.9 Å². The van der Waals surface area contributed by atoms with Crippen LogP contribution in [0.4, 0.5) is 0 Å². The molecule has 2 heteroatoms. The zero-order chi connectivity index (χ0) is 10.9. The van der Waals surface area contributed by atoms with Gasteiger partial charge < -0.3 is 10.2 Å². The van der Waals surface area contributed by atoms with Crippen LogP contribution in [-0.2, 0) is 0 Å². The highest BCUT2D eigenvalue weighted by atomic mass is 15.1. The molecule has 15 heavy (non-hydrogen) atoms. The second kappa shape index (κ2) is 8.12. The first-order valence-corrected chi connectivity index (χ1v) is 6.75. The molecule has 1 aliphatic carbocycles. The second-order valence-electron chi connectivity index (χ2n) is 4.83.